The minimum absolute atomic E-state index is 0.530. The Labute approximate surface area is 90.9 Å². The molecule has 0 spiro atoms. The number of fused-ring (bicyclic) bond motifs is 1. The summed E-state index contributed by atoms with van der Waals surface area (Å²) in [7, 11) is 0. The third-order valence-corrected chi connectivity index (χ3v) is 3.14. The van der Waals surface area contributed by atoms with E-state index in [0.29, 0.717) is 12.2 Å². The van der Waals surface area contributed by atoms with Gasteiger partial charge < -0.3 is 16.8 Å². The van der Waals surface area contributed by atoms with Crippen molar-refractivity contribution < 1.29 is 4.79 Å². The monoisotopic (exact) mass is 221 g/mol. The van der Waals surface area contributed by atoms with E-state index in [0.717, 1.165) is 15.6 Å². The Morgan fingerprint density at radius 1 is 1.47 bits per heavy atom. The van der Waals surface area contributed by atoms with Crippen molar-refractivity contribution >= 4 is 33.1 Å². The van der Waals surface area contributed by atoms with E-state index in [1.165, 1.54) is 0 Å². The fourth-order valence-electron chi connectivity index (χ4n) is 1.46. The first-order valence-electron chi connectivity index (χ1n) is 4.47. The van der Waals surface area contributed by atoms with Crippen LogP contribution < -0.4 is 16.8 Å². The molecule has 2 amide bonds. The topological polar surface area (TPSA) is 81.1 Å². The number of hydrogen-bond acceptors (Lipinski definition) is 3. The van der Waals surface area contributed by atoms with Gasteiger partial charge in [-0.25, -0.2) is 4.79 Å². The van der Waals surface area contributed by atoms with Crippen LogP contribution in [-0.2, 0) is 6.54 Å². The molecular formula is C10H11N3OS. The van der Waals surface area contributed by atoms with Crippen LogP contribution >= 0.6 is 11.3 Å². The largest absolute Gasteiger partial charge is 0.351 e. The lowest BCUT2D eigenvalue weighted by atomic mass is 10.1. The van der Waals surface area contributed by atoms with Gasteiger partial charge in [0, 0.05) is 16.9 Å². The molecule has 5 N–H and O–H groups in total. The van der Waals surface area contributed by atoms with Gasteiger partial charge in [-0.05, 0) is 28.5 Å². The van der Waals surface area contributed by atoms with Crippen molar-refractivity contribution in [2.24, 2.45) is 11.5 Å². The standard InChI is InChI=1S/C10H11N3OS/c11-4-6-5-15-9-3-7(13-10(12)14)1-2-8(6)9/h1-3,5H,4,11H2,(H3,12,13,14). The van der Waals surface area contributed by atoms with E-state index >= 15 is 0 Å². The third-order valence-electron chi connectivity index (χ3n) is 2.14. The average Bonchev–Trinajstić information content (AvgIpc) is 2.58. The number of carbonyl (C=O) groups excluding carboxylic acids is 1. The van der Waals surface area contributed by atoms with Gasteiger partial charge in [0.15, 0.2) is 0 Å². The SMILES string of the molecule is NCc1csc2cc(NC(N)=O)ccc12. The van der Waals surface area contributed by atoms with E-state index in [-0.39, 0.29) is 0 Å². The summed E-state index contributed by atoms with van der Waals surface area (Å²) in [4.78, 5) is 10.7. The normalized spacial score (nSPS) is 10.5. The number of anilines is 1. The summed E-state index contributed by atoms with van der Waals surface area (Å²) in [6, 6.07) is 5.10. The van der Waals surface area contributed by atoms with Crippen molar-refractivity contribution in [1.29, 1.82) is 0 Å². The van der Waals surface area contributed by atoms with Crippen LogP contribution in [0.5, 0.6) is 0 Å². The number of urea groups is 1. The van der Waals surface area contributed by atoms with Gasteiger partial charge in [0.05, 0.1) is 0 Å². The lowest BCUT2D eigenvalue weighted by molar-refractivity contribution is 0.259. The first-order chi connectivity index (χ1) is 7.20. The van der Waals surface area contributed by atoms with E-state index in [1.54, 1.807) is 11.3 Å². The highest BCUT2D eigenvalue weighted by atomic mass is 32.1. The van der Waals surface area contributed by atoms with Crippen molar-refractivity contribution in [2.45, 2.75) is 6.54 Å². The van der Waals surface area contributed by atoms with E-state index in [2.05, 4.69) is 5.32 Å². The Hall–Kier alpha value is -1.59. The van der Waals surface area contributed by atoms with Gasteiger partial charge in [-0.1, -0.05) is 6.07 Å². The van der Waals surface area contributed by atoms with Crippen LogP contribution in [0.4, 0.5) is 10.5 Å². The first kappa shape index (κ1) is 9.95. The molecule has 2 rings (SSSR count). The quantitative estimate of drug-likeness (QED) is 0.723. The van der Waals surface area contributed by atoms with Crippen molar-refractivity contribution in [3.8, 4) is 0 Å². The van der Waals surface area contributed by atoms with E-state index < -0.39 is 6.03 Å². The first-order valence-corrected chi connectivity index (χ1v) is 5.35. The van der Waals surface area contributed by atoms with Gasteiger partial charge in [-0.2, -0.15) is 0 Å². The highest BCUT2D eigenvalue weighted by Gasteiger charge is 2.04. The van der Waals surface area contributed by atoms with Crippen LogP contribution in [0.15, 0.2) is 23.6 Å². The van der Waals surface area contributed by atoms with Crippen LogP contribution in [0.3, 0.4) is 0 Å². The van der Waals surface area contributed by atoms with Gasteiger partial charge in [-0.3, -0.25) is 0 Å². The average molecular weight is 221 g/mol. The molecule has 0 saturated carbocycles. The lowest BCUT2D eigenvalue weighted by Crippen LogP contribution is -2.19. The maximum Gasteiger partial charge on any atom is 0.316 e. The molecule has 15 heavy (non-hydrogen) atoms. The molecule has 0 aliphatic heterocycles. The van der Waals surface area contributed by atoms with Crippen LogP contribution in [0.1, 0.15) is 5.56 Å². The summed E-state index contributed by atoms with van der Waals surface area (Å²) in [5.41, 5.74) is 12.5. The third kappa shape index (κ3) is 1.93. The molecule has 0 aliphatic rings. The van der Waals surface area contributed by atoms with Gasteiger partial charge in [0.25, 0.3) is 0 Å². The summed E-state index contributed by atoms with van der Waals surface area (Å²) in [5.74, 6) is 0. The summed E-state index contributed by atoms with van der Waals surface area (Å²) in [6.07, 6.45) is 0. The molecule has 0 atom stereocenters. The summed E-state index contributed by atoms with van der Waals surface area (Å²) in [6.45, 7) is 0.530. The molecule has 2 aromatic rings. The Kier molecular flexibility index (Phi) is 2.57. The number of thiophene rings is 1. The maximum absolute atomic E-state index is 10.7. The van der Waals surface area contributed by atoms with E-state index in [4.69, 9.17) is 11.5 Å². The number of benzene rings is 1. The minimum atomic E-state index is -0.551. The number of hydrogen-bond donors (Lipinski definition) is 3. The molecule has 0 bridgehead atoms. The molecule has 4 nitrogen and oxygen atoms in total. The highest BCUT2D eigenvalue weighted by Crippen LogP contribution is 2.28. The zero-order valence-corrected chi connectivity index (χ0v) is 8.80. The van der Waals surface area contributed by atoms with Gasteiger partial charge >= 0.3 is 6.03 Å². The number of carbonyl (C=O) groups is 1. The molecule has 1 aromatic heterocycles. The highest BCUT2D eigenvalue weighted by molar-refractivity contribution is 7.17. The molecule has 1 aromatic carbocycles. The number of primary amides is 1. The number of rotatable bonds is 2. The van der Waals surface area contributed by atoms with Crippen LogP contribution in [0.2, 0.25) is 0 Å². The predicted molar refractivity (Wildman–Crippen MR) is 62.9 cm³/mol. The lowest BCUT2D eigenvalue weighted by Gasteiger charge is -2.01. The molecule has 78 valence electrons. The molecule has 5 heteroatoms. The number of amides is 2. The second-order valence-corrected chi connectivity index (χ2v) is 4.08. The van der Waals surface area contributed by atoms with Crippen molar-refractivity contribution in [2.75, 3.05) is 5.32 Å². The summed E-state index contributed by atoms with van der Waals surface area (Å²) in [5, 5.41) is 5.70. The summed E-state index contributed by atoms with van der Waals surface area (Å²) >= 11 is 1.61. The van der Waals surface area contributed by atoms with Crippen molar-refractivity contribution in [3.05, 3.63) is 29.1 Å². The predicted octanol–water partition coefficient (Wildman–Crippen LogP) is 1.85. The second kappa shape index (κ2) is 3.88. The van der Waals surface area contributed by atoms with E-state index in [9.17, 15) is 4.79 Å². The summed E-state index contributed by atoms with van der Waals surface area (Å²) < 4.78 is 1.10. The number of nitrogens with two attached hydrogens (primary N) is 2. The Morgan fingerprint density at radius 2 is 2.27 bits per heavy atom. The molecule has 0 aliphatic carbocycles. The van der Waals surface area contributed by atoms with Gasteiger partial charge in [0.1, 0.15) is 0 Å². The molecule has 0 fully saturated rings. The van der Waals surface area contributed by atoms with Crippen molar-refractivity contribution in [3.63, 3.8) is 0 Å². The van der Waals surface area contributed by atoms with Gasteiger partial charge in [-0.15, -0.1) is 11.3 Å². The smallest absolute Gasteiger partial charge is 0.316 e. The zero-order valence-electron chi connectivity index (χ0n) is 7.99. The van der Waals surface area contributed by atoms with Crippen LogP contribution in [0.25, 0.3) is 10.1 Å². The van der Waals surface area contributed by atoms with E-state index in [1.807, 2.05) is 23.6 Å². The Morgan fingerprint density at radius 3 is 2.93 bits per heavy atom. The Bertz CT molecular complexity index is 506. The maximum atomic E-state index is 10.7. The molecule has 0 unspecified atom stereocenters. The van der Waals surface area contributed by atoms with Gasteiger partial charge in [0.2, 0.25) is 0 Å². The van der Waals surface area contributed by atoms with Crippen LogP contribution in [-0.4, -0.2) is 6.03 Å². The van der Waals surface area contributed by atoms with Crippen molar-refractivity contribution in [1.82, 2.24) is 0 Å². The Balaban J connectivity index is 2.44. The van der Waals surface area contributed by atoms with Crippen LogP contribution in [0, 0.1) is 0 Å². The minimum Gasteiger partial charge on any atom is -0.351 e. The zero-order chi connectivity index (χ0) is 10.8. The fraction of sp³-hybridized carbons (Fsp3) is 0.100. The number of nitrogens with one attached hydrogen (secondary N) is 1. The fourth-order valence-corrected chi connectivity index (χ4v) is 2.47. The molecule has 0 radical (unpaired) electrons. The molecule has 1 heterocycles. The molecular weight excluding hydrogens is 210 g/mol. The molecule has 0 saturated heterocycles. The second-order valence-electron chi connectivity index (χ2n) is 3.17.